The number of piperazine rings is 1. The molecule has 2 heteroatoms. The van der Waals surface area contributed by atoms with Gasteiger partial charge >= 0.3 is 0 Å². The second-order valence-corrected chi connectivity index (χ2v) is 6.47. The summed E-state index contributed by atoms with van der Waals surface area (Å²) in [5, 5.41) is 3.67. The lowest BCUT2D eigenvalue weighted by molar-refractivity contribution is 0.101. The van der Waals surface area contributed by atoms with E-state index in [0.717, 1.165) is 23.8 Å². The Bertz CT molecular complexity index is 239. The van der Waals surface area contributed by atoms with Gasteiger partial charge in [-0.2, -0.15) is 0 Å². The van der Waals surface area contributed by atoms with Crippen LogP contribution in [0, 0.1) is 17.8 Å². The van der Waals surface area contributed by atoms with Gasteiger partial charge < -0.3 is 5.32 Å². The largest absolute Gasteiger partial charge is 0.311 e. The first-order chi connectivity index (χ1) is 8.13. The predicted octanol–water partition coefficient (Wildman–Crippen LogP) is 2.74. The van der Waals surface area contributed by atoms with Gasteiger partial charge in [0.15, 0.2) is 0 Å². The third-order valence-corrected chi connectivity index (χ3v) is 5.22. The van der Waals surface area contributed by atoms with E-state index in [4.69, 9.17) is 0 Å². The van der Waals surface area contributed by atoms with Gasteiger partial charge in [-0.25, -0.2) is 0 Å². The maximum atomic E-state index is 3.67. The van der Waals surface area contributed by atoms with E-state index in [0.29, 0.717) is 6.04 Å². The van der Waals surface area contributed by atoms with Crippen LogP contribution in [0.4, 0.5) is 0 Å². The summed E-state index contributed by atoms with van der Waals surface area (Å²) in [6, 6.07) is 1.57. The summed E-state index contributed by atoms with van der Waals surface area (Å²) in [6.07, 6.45) is 4.26. The van der Waals surface area contributed by atoms with Crippen molar-refractivity contribution in [3.8, 4) is 0 Å². The van der Waals surface area contributed by atoms with E-state index in [-0.39, 0.29) is 0 Å². The summed E-state index contributed by atoms with van der Waals surface area (Å²) in [5.74, 6) is 2.65. The zero-order valence-corrected chi connectivity index (χ0v) is 12.1. The fourth-order valence-corrected chi connectivity index (χ4v) is 3.87. The van der Waals surface area contributed by atoms with E-state index in [1.807, 2.05) is 0 Å². The molecule has 2 aliphatic rings. The summed E-state index contributed by atoms with van der Waals surface area (Å²) in [5.41, 5.74) is 0. The average Bonchev–Trinajstić information content (AvgIpc) is 2.70. The summed E-state index contributed by atoms with van der Waals surface area (Å²) in [4.78, 5) is 2.78. The highest BCUT2D eigenvalue weighted by Gasteiger charge is 2.37. The highest BCUT2D eigenvalue weighted by atomic mass is 15.2. The van der Waals surface area contributed by atoms with Gasteiger partial charge in [-0.05, 0) is 30.6 Å². The van der Waals surface area contributed by atoms with E-state index < -0.39 is 0 Å². The molecule has 0 spiro atoms. The van der Waals surface area contributed by atoms with Crippen molar-refractivity contribution in [3.05, 3.63) is 0 Å². The number of hydrogen-bond donors (Lipinski definition) is 1. The van der Waals surface area contributed by atoms with E-state index >= 15 is 0 Å². The van der Waals surface area contributed by atoms with Crippen molar-refractivity contribution in [2.24, 2.45) is 17.8 Å². The lowest BCUT2D eigenvalue weighted by Crippen LogP contribution is -2.56. The molecule has 0 bridgehead atoms. The summed E-state index contributed by atoms with van der Waals surface area (Å²) in [6.45, 7) is 13.2. The molecule has 1 aliphatic heterocycles. The standard InChI is InChI=1S/C15H30N2/c1-5-13-6-7-15(12(13)4)17-9-8-16-14(10-17)11(2)3/h11-16H,5-10H2,1-4H3. The second kappa shape index (κ2) is 5.71. The molecule has 0 radical (unpaired) electrons. The number of hydrogen-bond acceptors (Lipinski definition) is 2. The van der Waals surface area contributed by atoms with E-state index in [9.17, 15) is 0 Å². The molecule has 4 unspecified atom stereocenters. The van der Waals surface area contributed by atoms with Gasteiger partial charge in [-0.3, -0.25) is 4.90 Å². The molecule has 100 valence electrons. The third kappa shape index (κ3) is 2.85. The SMILES string of the molecule is CCC1CCC(N2CCNC(C(C)C)C2)C1C. The van der Waals surface area contributed by atoms with Gasteiger partial charge in [-0.15, -0.1) is 0 Å². The highest BCUT2D eigenvalue weighted by Crippen LogP contribution is 2.37. The highest BCUT2D eigenvalue weighted by molar-refractivity contribution is 4.92. The van der Waals surface area contributed by atoms with Crippen LogP contribution in [-0.4, -0.2) is 36.6 Å². The first-order valence-electron chi connectivity index (χ1n) is 7.61. The van der Waals surface area contributed by atoms with Crippen molar-refractivity contribution in [1.29, 1.82) is 0 Å². The Labute approximate surface area is 107 Å². The molecule has 1 N–H and O–H groups in total. The Balaban J connectivity index is 1.94. The van der Waals surface area contributed by atoms with E-state index in [2.05, 4.69) is 37.9 Å². The second-order valence-electron chi connectivity index (χ2n) is 6.47. The minimum atomic E-state index is 0.705. The summed E-state index contributed by atoms with van der Waals surface area (Å²) in [7, 11) is 0. The molecule has 2 nitrogen and oxygen atoms in total. The number of rotatable bonds is 3. The Morgan fingerprint density at radius 1 is 1.29 bits per heavy atom. The van der Waals surface area contributed by atoms with Crippen molar-refractivity contribution in [1.82, 2.24) is 10.2 Å². The minimum Gasteiger partial charge on any atom is -0.311 e. The van der Waals surface area contributed by atoms with Crippen LogP contribution in [0.15, 0.2) is 0 Å². The Hall–Kier alpha value is -0.0800. The molecule has 2 fully saturated rings. The van der Waals surface area contributed by atoms with Gasteiger partial charge in [0.2, 0.25) is 0 Å². The molecule has 2 rings (SSSR count). The van der Waals surface area contributed by atoms with Crippen molar-refractivity contribution >= 4 is 0 Å². The van der Waals surface area contributed by atoms with Crippen LogP contribution in [0.25, 0.3) is 0 Å². The molecule has 1 aliphatic carbocycles. The summed E-state index contributed by atoms with van der Waals surface area (Å²) < 4.78 is 0. The van der Waals surface area contributed by atoms with Crippen molar-refractivity contribution in [2.75, 3.05) is 19.6 Å². The molecule has 0 aromatic heterocycles. The van der Waals surface area contributed by atoms with Crippen LogP contribution >= 0.6 is 0 Å². The molecule has 1 heterocycles. The van der Waals surface area contributed by atoms with Gasteiger partial charge in [0.25, 0.3) is 0 Å². The first-order valence-corrected chi connectivity index (χ1v) is 7.61. The zero-order valence-electron chi connectivity index (χ0n) is 12.1. The van der Waals surface area contributed by atoms with Crippen LogP contribution in [0.3, 0.4) is 0 Å². The van der Waals surface area contributed by atoms with Crippen LogP contribution in [-0.2, 0) is 0 Å². The van der Waals surface area contributed by atoms with E-state index in [1.165, 1.54) is 38.9 Å². The Morgan fingerprint density at radius 3 is 2.65 bits per heavy atom. The molecular weight excluding hydrogens is 208 g/mol. The van der Waals surface area contributed by atoms with Gasteiger partial charge in [-0.1, -0.05) is 34.1 Å². The van der Waals surface area contributed by atoms with Gasteiger partial charge in [0, 0.05) is 31.7 Å². The molecule has 0 aromatic rings. The van der Waals surface area contributed by atoms with Crippen molar-refractivity contribution < 1.29 is 0 Å². The van der Waals surface area contributed by atoms with Crippen LogP contribution in [0.1, 0.15) is 47.0 Å². The molecule has 1 saturated heterocycles. The molecule has 17 heavy (non-hydrogen) atoms. The zero-order chi connectivity index (χ0) is 12.4. The molecule has 0 amide bonds. The van der Waals surface area contributed by atoms with E-state index in [1.54, 1.807) is 0 Å². The van der Waals surface area contributed by atoms with Crippen LogP contribution in [0.5, 0.6) is 0 Å². The molecule has 0 aromatic carbocycles. The first kappa shape index (κ1) is 13.4. The van der Waals surface area contributed by atoms with Crippen LogP contribution in [0.2, 0.25) is 0 Å². The quantitative estimate of drug-likeness (QED) is 0.813. The number of nitrogens with one attached hydrogen (secondary N) is 1. The maximum absolute atomic E-state index is 3.67. The Kier molecular flexibility index (Phi) is 4.48. The van der Waals surface area contributed by atoms with Gasteiger partial charge in [0.05, 0.1) is 0 Å². The normalized spacial score (nSPS) is 40.1. The topological polar surface area (TPSA) is 15.3 Å². The smallest absolute Gasteiger partial charge is 0.0218 e. The minimum absolute atomic E-state index is 0.705. The third-order valence-electron chi connectivity index (χ3n) is 5.22. The fraction of sp³-hybridized carbons (Fsp3) is 1.00. The van der Waals surface area contributed by atoms with Crippen LogP contribution < -0.4 is 5.32 Å². The van der Waals surface area contributed by atoms with Crippen molar-refractivity contribution in [2.45, 2.75) is 59.0 Å². The number of nitrogens with zero attached hydrogens (tertiary/aromatic N) is 1. The monoisotopic (exact) mass is 238 g/mol. The molecule has 1 saturated carbocycles. The molecular formula is C15H30N2. The average molecular weight is 238 g/mol. The van der Waals surface area contributed by atoms with Gasteiger partial charge in [0.1, 0.15) is 0 Å². The van der Waals surface area contributed by atoms with Crippen molar-refractivity contribution in [3.63, 3.8) is 0 Å². The maximum Gasteiger partial charge on any atom is 0.0218 e. The predicted molar refractivity (Wildman–Crippen MR) is 74.2 cm³/mol. The fourth-order valence-electron chi connectivity index (χ4n) is 3.87. The molecule has 4 atom stereocenters. The Morgan fingerprint density at radius 2 is 2.06 bits per heavy atom. The lowest BCUT2D eigenvalue weighted by Gasteiger charge is -2.41. The lowest BCUT2D eigenvalue weighted by atomic mass is 9.92. The summed E-state index contributed by atoms with van der Waals surface area (Å²) >= 11 is 0.